The highest BCUT2D eigenvalue weighted by Gasteiger charge is 2.25. The van der Waals surface area contributed by atoms with Gasteiger partial charge in [0.15, 0.2) is 5.65 Å². The van der Waals surface area contributed by atoms with Gasteiger partial charge in [-0.1, -0.05) is 66.2 Å². The molecule has 0 radical (unpaired) electrons. The van der Waals surface area contributed by atoms with Crippen molar-refractivity contribution in [1.82, 2.24) is 24.6 Å². The van der Waals surface area contributed by atoms with Crippen LogP contribution in [0.25, 0.3) is 16.7 Å². The van der Waals surface area contributed by atoms with E-state index in [1.54, 1.807) is 0 Å². The number of benzene rings is 3. The topological polar surface area (TPSA) is 67.2 Å². The summed E-state index contributed by atoms with van der Waals surface area (Å²) in [7, 11) is 0. The normalized spacial score (nSPS) is 14.0. The van der Waals surface area contributed by atoms with Crippen molar-refractivity contribution in [2.75, 3.05) is 31.1 Å². The number of para-hydroxylation sites is 1. The Labute approximate surface area is 228 Å². The highest BCUT2D eigenvalue weighted by atomic mass is 16.2. The Morgan fingerprint density at radius 1 is 0.795 bits per heavy atom. The number of nitrogens with zero attached hydrogens (tertiary/aromatic N) is 6. The van der Waals surface area contributed by atoms with E-state index < -0.39 is 0 Å². The second-order valence-corrected chi connectivity index (χ2v) is 10.2. The van der Waals surface area contributed by atoms with Gasteiger partial charge in [0.25, 0.3) is 5.91 Å². The van der Waals surface area contributed by atoms with Gasteiger partial charge in [0.2, 0.25) is 0 Å². The predicted octanol–water partition coefficient (Wildman–Crippen LogP) is 5.38. The second kappa shape index (κ2) is 10.7. The van der Waals surface area contributed by atoms with Crippen LogP contribution in [0.1, 0.15) is 39.4 Å². The molecule has 1 aliphatic heterocycles. The molecule has 5 aromatic rings. The zero-order valence-corrected chi connectivity index (χ0v) is 22.4. The molecule has 1 aliphatic rings. The lowest BCUT2D eigenvalue weighted by Crippen LogP contribution is -2.35. The summed E-state index contributed by atoms with van der Waals surface area (Å²) in [4.78, 5) is 27.6. The van der Waals surface area contributed by atoms with Crippen molar-refractivity contribution < 1.29 is 4.79 Å². The van der Waals surface area contributed by atoms with E-state index >= 15 is 0 Å². The Balaban J connectivity index is 1.38. The number of carbonyl (C=O) groups excluding carboxylic acids is 1. The van der Waals surface area contributed by atoms with E-state index in [0.29, 0.717) is 19.5 Å². The summed E-state index contributed by atoms with van der Waals surface area (Å²) in [5, 5.41) is 5.87. The fourth-order valence-electron chi connectivity index (χ4n) is 5.25. The third kappa shape index (κ3) is 5.12. The van der Waals surface area contributed by atoms with Gasteiger partial charge in [0, 0.05) is 38.2 Å². The van der Waals surface area contributed by atoms with Gasteiger partial charge in [-0.05, 0) is 50.1 Å². The van der Waals surface area contributed by atoms with Gasteiger partial charge in [-0.2, -0.15) is 5.10 Å². The quantitative estimate of drug-likeness (QED) is 0.314. The SMILES string of the molecule is Cc1ccc(Cc2nc(N3CCCN(C(=O)c4ccccc4)CC3)c3c(C)nn(-c4ccccc4)c3n2)cc1. The van der Waals surface area contributed by atoms with Crippen molar-refractivity contribution in [2.24, 2.45) is 0 Å². The minimum absolute atomic E-state index is 0.0819. The monoisotopic (exact) mass is 516 g/mol. The molecule has 3 aromatic carbocycles. The zero-order chi connectivity index (χ0) is 26.8. The molecular weight excluding hydrogens is 484 g/mol. The van der Waals surface area contributed by atoms with Crippen LogP contribution in [0.2, 0.25) is 0 Å². The summed E-state index contributed by atoms with van der Waals surface area (Å²) in [6, 6.07) is 28.2. The van der Waals surface area contributed by atoms with E-state index in [1.165, 1.54) is 11.1 Å². The van der Waals surface area contributed by atoms with E-state index in [0.717, 1.165) is 59.1 Å². The van der Waals surface area contributed by atoms with Gasteiger partial charge in [0.05, 0.1) is 16.8 Å². The molecule has 196 valence electrons. The smallest absolute Gasteiger partial charge is 0.253 e. The van der Waals surface area contributed by atoms with Crippen LogP contribution < -0.4 is 4.90 Å². The molecule has 6 rings (SSSR count). The molecule has 0 spiro atoms. The summed E-state index contributed by atoms with van der Waals surface area (Å²) in [5.41, 5.74) is 5.81. The minimum Gasteiger partial charge on any atom is -0.354 e. The molecule has 0 aliphatic carbocycles. The van der Waals surface area contributed by atoms with Gasteiger partial charge in [-0.15, -0.1) is 0 Å². The molecule has 0 N–H and O–H groups in total. The van der Waals surface area contributed by atoms with Gasteiger partial charge < -0.3 is 9.80 Å². The Morgan fingerprint density at radius 2 is 1.51 bits per heavy atom. The Hall–Kier alpha value is -4.52. The Kier molecular flexibility index (Phi) is 6.80. The summed E-state index contributed by atoms with van der Waals surface area (Å²) in [5.74, 6) is 1.74. The Morgan fingerprint density at radius 3 is 2.26 bits per heavy atom. The molecule has 1 fully saturated rings. The van der Waals surface area contributed by atoms with Crippen LogP contribution >= 0.6 is 0 Å². The molecule has 1 amide bonds. The van der Waals surface area contributed by atoms with E-state index in [2.05, 4.69) is 36.1 Å². The predicted molar refractivity (Wildman–Crippen MR) is 155 cm³/mol. The average Bonchev–Trinajstić information content (AvgIpc) is 3.13. The summed E-state index contributed by atoms with van der Waals surface area (Å²) < 4.78 is 1.93. The van der Waals surface area contributed by atoms with Gasteiger partial charge in [-0.3, -0.25) is 4.79 Å². The molecule has 7 nitrogen and oxygen atoms in total. The molecule has 0 unspecified atom stereocenters. The maximum absolute atomic E-state index is 13.2. The van der Waals surface area contributed by atoms with Crippen molar-refractivity contribution in [2.45, 2.75) is 26.7 Å². The lowest BCUT2D eigenvalue weighted by molar-refractivity contribution is 0.0767. The number of rotatable bonds is 5. The summed E-state index contributed by atoms with van der Waals surface area (Å²) >= 11 is 0. The molecular formula is C32H32N6O. The third-order valence-electron chi connectivity index (χ3n) is 7.32. The van der Waals surface area contributed by atoms with E-state index in [1.807, 2.05) is 77.2 Å². The molecule has 0 atom stereocenters. The first-order chi connectivity index (χ1) is 19.1. The lowest BCUT2D eigenvalue weighted by atomic mass is 10.1. The molecule has 7 heteroatoms. The second-order valence-electron chi connectivity index (χ2n) is 10.2. The van der Waals surface area contributed by atoms with Crippen LogP contribution in [0.15, 0.2) is 84.9 Å². The van der Waals surface area contributed by atoms with Crippen molar-refractivity contribution in [3.05, 3.63) is 113 Å². The first kappa shape index (κ1) is 24.8. The average molecular weight is 517 g/mol. The van der Waals surface area contributed by atoms with Crippen LogP contribution in [0.5, 0.6) is 0 Å². The first-order valence-electron chi connectivity index (χ1n) is 13.5. The maximum Gasteiger partial charge on any atom is 0.253 e. The van der Waals surface area contributed by atoms with Crippen molar-refractivity contribution in [3.63, 3.8) is 0 Å². The lowest BCUT2D eigenvalue weighted by Gasteiger charge is -2.24. The first-order valence-corrected chi connectivity index (χ1v) is 13.5. The fraction of sp³-hybridized carbons (Fsp3) is 0.250. The van der Waals surface area contributed by atoms with Crippen LogP contribution in [0.3, 0.4) is 0 Å². The fourth-order valence-corrected chi connectivity index (χ4v) is 5.25. The van der Waals surface area contributed by atoms with Gasteiger partial charge >= 0.3 is 0 Å². The Bertz CT molecular complexity index is 1600. The number of amides is 1. The van der Waals surface area contributed by atoms with Crippen LogP contribution in [-0.2, 0) is 6.42 Å². The molecule has 0 bridgehead atoms. The minimum atomic E-state index is 0.0819. The van der Waals surface area contributed by atoms with Crippen molar-refractivity contribution >= 4 is 22.8 Å². The molecule has 2 aromatic heterocycles. The summed E-state index contributed by atoms with van der Waals surface area (Å²) in [6.45, 7) is 6.98. The highest BCUT2D eigenvalue weighted by molar-refractivity contribution is 5.94. The van der Waals surface area contributed by atoms with Crippen molar-refractivity contribution in [3.8, 4) is 5.69 Å². The molecule has 1 saturated heterocycles. The number of anilines is 1. The maximum atomic E-state index is 13.2. The van der Waals surface area contributed by atoms with Crippen LogP contribution in [-0.4, -0.2) is 56.7 Å². The molecule has 3 heterocycles. The van der Waals surface area contributed by atoms with Crippen LogP contribution in [0, 0.1) is 13.8 Å². The van der Waals surface area contributed by atoms with E-state index in [4.69, 9.17) is 15.1 Å². The largest absolute Gasteiger partial charge is 0.354 e. The standard InChI is InChI=1S/C32H32N6O/c1-23-14-16-25(17-15-23)22-28-33-30(29-24(2)35-38(31(29)34-28)27-12-7-4-8-13-27)36-18-9-19-37(21-20-36)32(39)26-10-5-3-6-11-26/h3-8,10-17H,9,18-22H2,1-2H3. The van der Waals surface area contributed by atoms with Crippen LogP contribution in [0.4, 0.5) is 5.82 Å². The number of hydrogen-bond acceptors (Lipinski definition) is 5. The summed E-state index contributed by atoms with van der Waals surface area (Å²) in [6.07, 6.45) is 1.50. The third-order valence-corrected chi connectivity index (χ3v) is 7.32. The molecule has 39 heavy (non-hydrogen) atoms. The number of aromatic nitrogens is 4. The highest BCUT2D eigenvalue weighted by Crippen LogP contribution is 2.30. The van der Waals surface area contributed by atoms with E-state index in [-0.39, 0.29) is 5.91 Å². The zero-order valence-electron chi connectivity index (χ0n) is 22.4. The number of carbonyl (C=O) groups is 1. The van der Waals surface area contributed by atoms with Crippen molar-refractivity contribution in [1.29, 1.82) is 0 Å². The number of aryl methyl sites for hydroxylation is 2. The van der Waals surface area contributed by atoms with Gasteiger partial charge in [-0.25, -0.2) is 14.6 Å². The number of hydrogen-bond donors (Lipinski definition) is 0. The molecule has 0 saturated carbocycles. The number of fused-ring (bicyclic) bond motifs is 1. The van der Waals surface area contributed by atoms with E-state index in [9.17, 15) is 4.79 Å². The van der Waals surface area contributed by atoms with Gasteiger partial charge in [0.1, 0.15) is 11.6 Å².